The summed E-state index contributed by atoms with van der Waals surface area (Å²) in [6.07, 6.45) is 1.52. The Kier molecular flexibility index (Phi) is 8.19. The minimum Gasteiger partial charge on any atom is -0.445 e. The Morgan fingerprint density at radius 1 is 1.29 bits per heavy atom. The summed E-state index contributed by atoms with van der Waals surface area (Å²) in [5.41, 5.74) is 1.60. The van der Waals surface area contributed by atoms with Gasteiger partial charge in [-0.1, -0.05) is 26.0 Å². The summed E-state index contributed by atoms with van der Waals surface area (Å²) in [7, 11) is 1.51. The van der Waals surface area contributed by atoms with Gasteiger partial charge in [-0.15, -0.1) is 0 Å². The Labute approximate surface area is 183 Å². The van der Waals surface area contributed by atoms with Crippen LogP contribution in [0.4, 0.5) is 4.79 Å². The van der Waals surface area contributed by atoms with E-state index in [1.54, 1.807) is 6.07 Å². The number of nitrogens with one attached hydrogen (secondary N) is 2. The van der Waals surface area contributed by atoms with Crippen molar-refractivity contribution in [3.8, 4) is 0 Å². The minimum absolute atomic E-state index is 0.0359. The van der Waals surface area contributed by atoms with Crippen LogP contribution < -0.4 is 10.6 Å². The zero-order valence-electron chi connectivity index (χ0n) is 19.0. The van der Waals surface area contributed by atoms with Crippen molar-refractivity contribution in [1.82, 2.24) is 15.5 Å². The first-order chi connectivity index (χ1) is 14.6. The molecule has 0 aliphatic carbocycles. The zero-order valence-corrected chi connectivity index (χ0v) is 19.0. The lowest BCUT2D eigenvalue weighted by Crippen LogP contribution is -2.46. The number of nitrogens with zero attached hydrogens (tertiary/aromatic N) is 1. The zero-order chi connectivity index (χ0) is 23.2. The van der Waals surface area contributed by atoms with Gasteiger partial charge in [0.25, 0.3) is 5.91 Å². The summed E-state index contributed by atoms with van der Waals surface area (Å²) in [4.78, 5) is 49.6. The highest BCUT2D eigenvalue weighted by Crippen LogP contribution is 2.27. The molecule has 2 rings (SSSR count). The van der Waals surface area contributed by atoms with E-state index in [0.717, 1.165) is 18.3 Å². The van der Waals surface area contributed by atoms with Crippen molar-refractivity contribution in [3.63, 3.8) is 0 Å². The molecule has 0 saturated heterocycles. The van der Waals surface area contributed by atoms with Gasteiger partial charge in [-0.2, -0.15) is 0 Å². The Bertz CT molecular complexity index is 835. The lowest BCUT2D eigenvalue weighted by molar-refractivity contribution is -0.125. The molecule has 0 bridgehead atoms. The molecule has 1 aromatic rings. The molecule has 8 nitrogen and oxygen atoms in total. The summed E-state index contributed by atoms with van der Waals surface area (Å²) in [5.74, 6) is -0.128. The van der Waals surface area contributed by atoms with Crippen LogP contribution in [0.5, 0.6) is 0 Å². The number of benzene rings is 1. The molecule has 2 N–H and O–H groups in total. The number of carbonyl (C=O) groups excluding carboxylic acids is 4. The molecule has 0 aromatic heterocycles. The topological polar surface area (TPSA) is 105 Å². The maximum atomic E-state index is 12.9. The number of amides is 3. The highest BCUT2D eigenvalue weighted by Gasteiger charge is 2.36. The SMILES string of the molecule is CNC(=O)C(CCC=O)N1Cc2ccc(COC(=O)NC(C)(C)CC(C)C)cc2C1=O. The van der Waals surface area contributed by atoms with Crippen molar-refractivity contribution in [1.29, 1.82) is 0 Å². The largest absolute Gasteiger partial charge is 0.445 e. The maximum Gasteiger partial charge on any atom is 0.407 e. The molecule has 3 amide bonds. The molecule has 1 heterocycles. The summed E-state index contributed by atoms with van der Waals surface area (Å²) in [5, 5.41) is 5.43. The van der Waals surface area contributed by atoms with Gasteiger partial charge in [-0.05, 0) is 49.8 Å². The fourth-order valence-corrected chi connectivity index (χ4v) is 4.07. The number of carbonyl (C=O) groups is 4. The first-order valence-electron chi connectivity index (χ1n) is 10.6. The summed E-state index contributed by atoms with van der Waals surface area (Å²) in [6.45, 7) is 8.42. The van der Waals surface area contributed by atoms with Gasteiger partial charge in [0.1, 0.15) is 18.9 Å². The molecule has 0 saturated carbocycles. The van der Waals surface area contributed by atoms with Crippen LogP contribution in [0, 0.1) is 5.92 Å². The lowest BCUT2D eigenvalue weighted by atomic mass is 9.93. The number of ether oxygens (including phenoxy) is 1. The van der Waals surface area contributed by atoms with Crippen molar-refractivity contribution >= 4 is 24.2 Å². The molecule has 1 atom stereocenters. The van der Waals surface area contributed by atoms with E-state index in [9.17, 15) is 19.2 Å². The van der Waals surface area contributed by atoms with Gasteiger partial charge in [0.05, 0.1) is 0 Å². The third-order valence-corrected chi connectivity index (χ3v) is 5.22. The van der Waals surface area contributed by atoms with Crippen LogP contribution in [0.3, 0.4) is 0 Å². The van der Waals surface area contributed by atoms with Gasteiger partial charge in [0, 0.05) is 31.1 Å². The molecule has 170 valence electrons. The van der Waals surface area contributed by atoms with Gasteiger partial charge in [-0.3, -0.25) is 9.59 Å². The van der Waals surface area contributed by atoms with E-state index < -0.39 is 12.1 Å². The molecular weight excluding hydrogens is 398 g/mol. The minimum atomic E-state index is -0.705. The highest BCUT2D eigenvalue weighted by molar-refractivity contribution is 6.01. The number of aldehydes is 1. The van der Waals surface area contributed by atoms with Crippen molar-refractivity contribution in [2.75, 3.05) is 7.05 Å². The fraction of sp³-hybridized carbons (Fsp3) is 0.565. The second-order valence-corrected chi connectivity index (χ2v) is 8.98. The highest BCUT2D eigenvalue weighted by atomic mass is 16.5. The fourth-order valence-electron chi connectivity index (χ4n) is 4.07. The molecular formula is C23H33N3O5. The molecule has 0 spiro atoms. The van der Waals surface area contributed by atoms with E-state index in [1.807, 2.05) is 26.0 Å². The van der Waals surface area contributed by atoms with Crippen LogP contribution in [0.1, 0.15) is 68.4 Å². The predicted octanol–water partition coefficient (Wildman–Crippen LogP) is 2.79. The number of hydrogen-bond donors (Lipinski definition) is 2. The molecule has 1 aromatic carbocycles. The van der Waals surface area contributed by atoms with Crippen molar-refractivity contribution in [3.05, 3.63) is 34.9 Å². The van der Waals surface area contributed by atoms with E-state index >= 15 is 0 Å². The second-order valence-electron chi connectivity index (χ2n) is 8.98. The van der Waals surface area contributed by atoms with E-state index in [2.05, 4.69) is 24.5 Å². The molecule has 0 fully saturated rings. The average Bonchev–Trinajstić information content (AvgIpc) is 3.01. The molecule has 1 aliphatic rings. The Morgan fingerprint density at radius 2 is 2.00 bits per heavy atom. The summed E-state index contributed by atoms with van der Waals surface area (Å²) >= 11 is 0. The van der Waals surface area contributed by atoms with Crippen molar-refractivity contribution < 1.29 is 23.9 Å². The number of likely N-dealkylation sites (N-methyl/N-ethyl adjacent to an activating group) is 1. The number of hydrogen-bond acceptors (Lipinski definition) is 5. The van der Waals surface area contributed by atoms with E-state index in [-0.39, 0.29) is 36.8 Å². The standard InChI is InChI=1S/C23H33N3O5/c1-15(2)12-23(3,4)25-22(30)31-14-16-8-9-17-13-26(21(29)18(17)11-16)19(7-6-10-27)20(28)24-5/h8-11,15,19H,6-7,12-14H2,1-5H3,(H,24,28)(H,25,30). The van der Waals surface area contributed by atoms with Crippen molar-refractivity contribution in [2.45, 2.75) is 71.7 Å². The predicted molar refractivity (Wildman–Crippen MR) is 116 cm³/mol. The van der Waals surface area contributed by atoms with E-state index in [1.165, 1.54) is 11.9 Å². The molecule has 1 aliphatic heterocycles. The van der Waals surface area contributed by atoms with Crippen LogP contribution in [-0.4, -0.2) is 47.7 Å². The number of rotatable bonds is 10. The van der Waals surface area contributed by atoms with Crippen LogP contribution in [0.25, 0.3) is 0 Å². The molecule has 0 radical (unpaired) electrons. The van der Waals surface area contributed by atoms with Gasteiger partial charge >= 0.3 is 6.09 Å². The van der Waals surface area contributed by atoms with Crippen LogP contribution in [0.2, 0.25) is 0 Å². The monoisotopic (exact) mass is 431 g/mol. The quantitative estimate of drug-likeness (QED) is 0.554. The molecule has 8 heteroatoms. The maximum absolute atomic E-state index is 12.9. The number of alkyl carbamates (subject to hydrolysis) is 1. The van der Waals surface area contributed by atoms with Crippen LogP contribution >= 0.6 is 0 Å². The second kappa shape index (κ2) is 10.4. The van der Waals surface area contributed by atoms with Gasteiger partial charge < -0.3 is 25.1 Å². The summed E-state index contributed by atoms with van der Waals surface area (Å²) in [6, 6.07) is 4.62. The lowest BCUT2D eigenvalue weighted by Gasteiger charge is -2.27. The average molecular weight is 432 g/mol. The smallest absolute Gasteiger partial charge is 0.407 e. The van der Waals surface area contributed by atoms with Crippen LogP contribution in [-0.2, 0) is 27.5 Å². The van der Waals surface area contributed by atoms with Gasteiger partial charge in [-0.25, -0.2) is 4.79 Å². The Morgan fingerprint density at radius 3 is 2.61 bits per heavy atom. The van der Waals surface area contributed by atoms with E-state index in [0.29, 0.717) is 23.6 Å². The van der Waals surface area contributed by atoms with Gasteiger partial charge in [0.15, 0.2) is 0 Å². The third kappa shape index (κ3) is 6.54. The molecule has 1 unspecified atom stereocenters. The van der Waals surface area contributed by atoms with E-state index in [4.69, 9.17) is 4.74 Å². The Hall–Kier alpha value is -2.90. The third-order valence-electron chi connectivity index (χ3n) is 5.22. The first kappa shape index (κ1) is 24.4. The summed E-state index contributed by atoms with van der Waals surface area (Å²) < 4.78 is 5.35. The molecule has 31 heavy (non-hydrogen) atoms. The van der Waals surface area contributed by atoms with Gasteiger partial charge in [0.2, 0.25) is 5.91 Å². The Balaban J connectivity index is 2.04. The normalized spacial score (nSPS) is 14.3. The number of fused-ring (bicyclic) bond motifs is 1. The van der Waals surface area contributed by atoms with Crippen molar-refractivity contribution in [2.24, 2.45) is 5.92 Å². The first-order valence-corrected chi connectivity index (χ1v) is 10.6. The van der Waals surface area contributed by atoms with Crippen LogP contribution in [0.15, 0.2) is 18.2 Å².